The van der Waals surface area contributed by atoms with Gasteiger partial charge in [0.05, 0.1) is 0 Å². The molecule has 0 amide bonds. The highest BCUT2D eigenvalue weighted by atomic mass is 19.1. The van der Waals surface area contributed by atoms with Crippen LogP contribution in [-0.4, -0.2) is 25.1 Å². The van der Waals surface area contributed by atoms with Crippen LogP contribution in [0.5, 0.6) is 0 Å². The van der Waals surface area contributed by atoms with Gasteiger partial charge in [-0.2, -0.15) is 0 Å². The Kier molecular flexibility index (Phi) is 4.50. The van der Waals surface area contributed by atoms with Gasteiger partial charge >= 0.3 is 7.32 Å². The van der Waals surface area contributed by atoms with Crippen LogP contribution in [-0.2, 0) is 9.31 Å². The summed E-state index contributed by atoms with van der Waals surface area (Å²) in [5, 5.41) is 8.47. The van der Waals surface area contributed by atoms with Crippen LogP contribution in [0.25, 0.3) is 0 Å². The summed E-state index contributed by atoms with van der Waals surface area (Å²) in [6.45, 7) is 2.10. The predicted molar refractivity (Wildman–Crippen MR) is 31.3 cm³/mol. The van der Waals surface area contributed by atoms with Crippen molar-refractivity contribution in [1.29, 1.82) is 0 Å². The van der Waals surface area contributed by atoms with E-state index in [2.05, 4.69) is 9.31 Å². The minimum atomic E-state index is -1.83. The van der Waals surface area contributed by atoms with Crippen molar-refractivity contribution in [1.82, 2.24) is 0 Å². The maximum absolute atomic E-state index is 11.8. The summed E-state index contributed by atoms with van der Waals surface area (Å²) < 4.78 is 31.6. The smallest absolute Gasteiger partial charge is 0.401 e. The van der Waals surface area contributed by atoms with E-state index in [1.807, 2.05) is 0 Å². The van der Waals surface area contributed by atoms with Crippen LogP contribution in [0.2, 0.25) is 0 Å². The molecule has 1 N–H and O–H groups in total. The van der Waals surface area contributed by atoms with Gasteiger partial charge in [0.2, 0.25) is 0 Å². The quantitative estimate of drug-likeness (QED) is 0.603. The molecule has 0 aliphatic carbocycles. The van der Waals surface area contributed by atoms with Crippen LogP contribution in [0.3, 0.4) is 0 Å². The molecule has 0 heterocycles. The molecule has 60 valence electrons. The lowest BCUT2D eigenvalue weighted by atomic mass is 10.2. The maximum Gasteiger partial charge on any atom is 0.640 e. The first-order valence-corrected chi connectivity index (χ1v) is 2.79. The minimum Gasteiger partial charge on any atom is -0.401 e. The molecule has 0 aliphatic heterocycles. The van der Waals surface area contributed by atoms with Gasteiger partial charge in [-0.1, -0.05) is 0 Å². The van der Waals surface area contributed by atoms with Gasteiger partial charge in [-0.25, -0.2) is 8.78 Å². The van der Waals surface area contributed by atoms with Gasteiger partial charge in [0.25, 0.3) is 0 Å². The van der Waals surface area contributed by atoms with Gasteiger partial charge < -0.3 is 14.3 Å². The van der Waals surface area contributed by atoms with Crippen LogP contribution in [0.15, 0.2) is 0 Å². The normalized spacial score (nSPS) is 16.5. The highest BCUT2D eigenvalue weighted by molar-refractivity contribution is 6.34. The van der Waals surface area contributed by atoms with Crippen molar-refractivity contribution >= 4 is 7.32 Å². The number of hydrogen-bond donors (Lipinski definition) is 1. The summed E-state index contributed by atoms with van der Waals surface area (Å²) in [6.07, 6.45) is -3.34. The van der Waals surface area contributed by atoms with E-state index in [4.69, 9.17) is 5.02 Å². The molecule has 0 fully saturated rings. The average Bonchev–Trinajstić information content (AvgIpc) is 1.58. The first-order valence-electron chi connectivity index (χ1n) is 2.79. The Bertz CT molecular complexity index is 80.6. The molecule has 10 heavy (non-hydrogen) atoms. The van der Waals surface area contributed by atoms with E-state index in [1.165, 1.54) is 0 Å². The van der Waals surface area contributed by atoms with Gasteiger partial charge in [0.15, 0.2) is 12.7 Å². The Morgan fingerprint density at radius 3 is 1.70 bits per heavy atom. The van der Waals surface area contributed by atoms with Crippen molar-refractivity contribution in [3.05, 3.63) is 0 Å². The number of rotatable bonds is 4. The van der Waals surface area contributed by atoms with Crippen LogP contribution < -0.4 is 0 Å². The van der Waals surface area contributed by atoms with Gasteiger partial charge in [0.1, 0.15) is 0 Å². The lowest BCUT2D eigenvalue weighted by molar-refractivity contribution is -0.0235. The van der Waals surface area contributed by atoms with Crippen molar-refractivity contribution in [3.63, 3.8) is 0 Å². The molecule has 0 spiro atoms. The Balaban J connectivity index is 3.34. The molecule has 0 radical (unpaired) electrons. The Labute approximate surface area is 58.1 Å². The second kappa shape index (κ2) is 4.59. The monoisotopic (exact) mass is 154 g/mol. The fourth-order valence-electron chi connectivity index (χ4n) is 0.353. The molecule has 0 aliphatic rings. The molecule has 0 saturated heterocycles. The molecule has 6 heteroatoms. The molecule has 2 atom stereocenters. The zero-order chi connectivity index (χ0) is 8.15. The maximum atomic E-state index is 11.8. The van der Waals surface area contributed by atoms with E-state index in [0.717, 1.165) is 13.8 Å². The van der Waals surface area contributed by atoms with Crippen molar-refractivity contribution in [2.45, 2.75) is 26.6 Å². The Hall–Kier alpha value is -0.195. The largest absolute Gasteiger partial charge is 0.640 e. The van der Waals surface area contributed by atoms with Gasteiger partial charge in [-0.3, -0.25) is 0 Å². The van der Waals surface area contributed by atoms with Crippen molar-refractivity contribution in [3.8, 4) is 0 Å². The highest BCUT2D eigenvalue weighted by Gasteiger charge is 2.21. The lowest BCUT2D eigenvalue weighted by Crippen LogP contribution is -2.28. The second-order valence-corrected chi connectivity index (χ2v) is 1.67. The molecule has 0 aromatic rings. The van der Waals surface area contributed by atoms with E-state index in [1.54, 1.807) is 0 Å². The summed E-state index contributed by atoms with van der Waals surface area (Å²) in [7, 11) is -1.83. The predicted octanol–water partition coefficient (Wildman–Crippen LogP) is 0.628. The molecule has 0 aromatic carbocycles. The number of halogens is 2. The molecule has 2 unspecified atom stereocenters. The summed E-state index contributed by atoms with van der Waals surface area (Å²) in [6, 6.07) is 0. The fraction of sp³-hybridized carbons (Fsp3) is 1.00. The van der Waals surface area contributed by atoms with Gasteiger partial charge in [-0.15, -0.1) is 0 Å². The standard InChI is InChI=1S/C4H9BF2O3/c1-3(6)9-5(8)10-4(2)7/h3-4,8H,1-2H3. The van der Waals surface area contributed by atoms with E-state index in [-0.39, 0.29) is 0 Å². The third-order valence-corrected chi connectivity index (χ3v) is 0.608. The van der Waals surface area contributed by atoms with Gasteiger partial charge in [0, 0.05) is 0 Å². The Morgan fingerprint density at radius 2 is 1.50 bits per heavy atom. The first kappa shape index (κ1) is 9.80. The third kappa shape index (κ3) is 5.93. The van der Waals surface area contributed by atoms with E-state index >= 15 is 0 Å². The summed E-state index contributed by atoms with van der Waals surface area (Å²) >= 11 is 0. The number of alkyl halides is 2. The minimum absolute atomic E-state index is 1.05. The van der Waals surface area contributed by atoms with Crippen LogP contribution >= 0.6 is 0 Å². The van der Waals surface area contributed by atoms with E-state index < -0.39 is 20.0 Å². The zero-order valence-corrected chi connectivity index (χ0v) is 5.75. The van der Waals surface area contributed by atoms with E-state index in [0.29, 0.717) is 0 Å². The third-order valence-electron chi connectivity index (χ3n) is 0.608. The SMILES string of the molecule is CC(F)OB(O)OC(C)F. The molecule has 0 aromatic heterocycles. The topological polar surface area (TPSA) is 38.7 Å². The molecular weight excluding hydrogens is 145 g/mol. The van der Waals surface area contributed by atoms with Crippen LogP contribution in [0.1, 0.15) is 13.8 Å². The average molecular weight is 154 g/mol. The van der Waals surface area contributed by atoms with Crippen molar-refractivity contribution in [2.24, 2.45) is 0 Å². The zero-order valence-electron chi connectivity index (χ0n) is 5.75. The summed E-state index contributed by atoms with van der Waals surface area (Å²) in [5.74, 6) is 0. The molecule has 0 saturated carbocycles. The molecule has 0 bridgehead atoms. The number of hydrogen-bond acceptors (Lipinski definition) is 3. The Morgan fingerprint density at radius 1 is 1.20 bits per heavy atom. The second-order valence-electron chi connectivity index (χ2n) is 1.67. The summed E-state index contributed by atoms with van der Waals surface area (Å²) in [4.78, 5) is 0. The molecule has 3 nitrogen and oxygen atoms in total. The van der Waals surface area contributed by atoms with Crippen LogP contribution in [0.4, 0.5) is 8.78 Å². The fourth-order valence-corrected chi connectivity index (χ4v) is 0.353. The molecule has 0 rings (SSSR count). The highest BCUT2D eigenvalue weighted by Crippen LogP contribution is 1.98. The lowest BCUT2D eigenvalue weighted by Gasteiger charge is -2.09. The van der Waals surface area contributed by atoms with Crippen molar-refractivity contribution < 1.29 is 23.1 Å². The van der Waals surface area contributed by atoms with Gasteiger partial charge in [-0.05, 0) is 13.8 Å². The van der Waals surface area contributed by atoms with Crippen molar-refractivity contribution in [2.75, 3.05) is 0 Å². The first-order chi connectivity index (χ1) is 4.52. The molecular formula is C4H9BF2O3. The van der Waals surface area contributed by atoms with E-state index in [9.17, 15) is 8.78 Å². The summed E-state index contributed by atoms with van der Waals surface area (Å²) in [5.41, 5.74) is 0. The van der Waals surface area contributed by atoms with Crippen LogP contribution in [0, 0.1) is 0 Å².